The molecule has 0 aliphatic carbocycles. The minimum Gasteiger partial charge on any atom is -0.505 e. The van der Waals surface area contributed by atoms with Crippen molar-refractivity contribution in [1.82, 2.24) is 0 Å². The minimum absolute atomic E-state index is 0.197. The molecule has 0 spiro atoms. The molecule has 264 valence electrons. The van der Waals surface area contributed by atoms with E-state index in [-0.39, 0.29) is 10.6 Å². The molecule has 0 fully saturated rings. The lowest BCUT2D eigenvalue weighted by atomic mass is 9.96. The van der Waals surface area contributed by atoms with Gasteiger partial charge in [0.05, 0.1) is 16.3 Å². The van der Waals surface area contributed by atoms with Crippen LogP contribution in [0.5, 0.6) is 5.75 Å². The van der Waals surface area contributed by atoms with Crippen LogP contribution >= 0.6 is 0 Å². The molecule has 0 aliphatic rings. The Labute approximate surface area is 291 Å². The average molecular weight is 721 g/mol. The van der Waals surface area contributed by atoms with Crippen LogP contribution in [0.1, 0.15) is 31.9 Å². The highest BCUT2D eigenvalue weighted by Crippen LogP contribution is 2.44. The maximum absolute atomic E-state index is 12.3. The third kappa shape index (κ3) is 9.31. The van der Waals surface area contributed by atoms with Gasteiger partial charge in [-0.1, -0.05) is 45.0 Å². The molecule has 5 aromatic carbocycles. The molecule has 0 unspecified atom stereocenters. The first-order valence-electron chi connectivity index (χ1n) is 15.3. The van der Waals surface area contributed by atoms with E-state index in [1.807, 2.05) is 27.7 Å². The standard InChI is InChI=1S/C18H17N5O2S.C14H17N3O4S.C2H6/c19-13-6-11-18(17(20)12-13)22-21-14-7-9-15(10-8-14)23-26(24,25)16-4-2-1-3-5-16;1-4-9-7(2)5-8-6-10(22(19,20)21)13(17-16-3)14(18)11(8)12(9)15;1-2/h1-12,23H,19-20H2;5-6,18H,4,15H2,1-3H3,(H,19,20,21);1-2H3. The van der Waals surface area contributed by atoms with Gasteiger partial charge in [0.2, 0.25) is 0 Å². The molecule has 9 N–H and O–H groups in total. The van der Waals surface area contributed by atoms with E-state index in [0.29, 0.717) is 51.3 Å². The van der Waals surface area contributed by atoms with Gasteiger partial charge in [-0.15, -0.1) is 5.11 Å². The number of aryl methyl sites for hydroxylation is 1. The summed E-state index contributed by atoms with van der Waals surface area (Å²) >= 11 is 0. The van der Waals surface area contributed by atoms with E-state index in [4.69, 9.17) is 17.2 Å². The fraction of sp³-hybridized carbons (Fsp3) is 0.176. The third-order valence-electron chi connectivity index (χ3n) is 7.04. The van der Waals surface area contributed by atoms with E-state index in [2.05, 4.69) is 25.2 Å². The van der Waals surface area contributed by atoms with E-state index in [1.165, 1.54) is 25.2 Å². The van der Waals surface area contributed by atoms with Gasteiger partial charge in [-0.25, -0.2) is 8.42 Å². The molecule has 0 aromatic heterocycles. The first-order chi connectivity index (χ1) is 23.7. The summed E-state index contributed by atoms with van der Waals surface area (Å²) in [5.74, 6) is -0.414. The Kier molecular flexibility index (Phi) is 13.0. The Balaban J connectivity index is 0.000000261. The summed E-state index contributed by atoms with van der Waals surface area (Å²) in [6.45, 7) is 7.78. The number of aromatic hydroxyl groups is 1. The first-order valence-corrected chi connectivity index (χ1v) is 18.2. The maximum Gasteiger partial charge on any atom is 0.296 e. The van der Waals surface area contributed by atoms with Crippen molar-refractivity contribution in [3.8, 4) is 5.75 Å². The van der Waals surface area contributed by atoms with Crippen LogP contribution in [0.25, 0.3) is 10.8 Å². The van der Waals surface area contributed by atoms with Crippen molar-refractivity contribution >= 4 is 70.7 Å². The number of phenols is 1. The number of azo groups is 2. The van der Waals surface area contributed by atoms with Crippen LogP contribution < -0.4 is 21.9 Å². The number of benzene rings is 5. The van der Waals surface area contributed by atoms with Gasteiger partial charge in [-0.3, -0.25) is 9.27 Å². The lowest BCUT2D eigenvalue weighted by Gasteiger charge is -2.15. The molecule has 50 heavy (non-hydrogen) atoms. The number of sulfonamides is 1. The summed E-state index contributed by atoms with van der Waals surface area (Å²) in [4.78, 5) is -0.311. The number of nitrogens with two attached hydrogens (primary N) is 3. The molecule has 0 amide bonds. The zero-order valence-electron chi connectivity index (χ0n) is 28.2. The SMILES string of the molecule is CC.CCc1c(C)cc2cc(S(=O)(=O)O)c(N=NC)c(O)c2c1N.Nc1ccc(N=Nc2ccc(NS(=O)(=O)c3ccccc3)cc2)c(N)c1. The smallest absolute Gasteiger partial charge is 0.296 e. The van der Waals surface area contributed by atoms with E-state index < -0.39 is 30.8 Å². The zero-order valence-corrected chi connectivity index (χ0v) is 29.8. The van der Waals surface area contributed by atoms with E-state index in [9.17, 15) is 26.5 Å². The Hall–Kier alpha value is -5.58. The van der Waals surface area contributed by atoms with Gasteiger partial charge in [0.25, 0.3) is 20.1 Å². The summed E-state index contributed by atoms with van der Waals surface area (Å²) < 4.78 is 59.5. The van der Waals surface area contributed by atoms with Crippen molar-refractivity contribution in [2.24, 2.45) is 20.5 Å². The molecule has 16 heteroatoms. The van der Waals surface area contributed by atoms with Crippen molar-refractivity contribution in [2.75, 3.05) is 29.0 Å². The third-order valence-corrected chi connectivity index (χ3v) is 9.31. The second-order valence-electron chi connectivity index (χ2n) is 10.4. The normalized spacial score (nSPS) is 11.6. The minimum atomic E-state index is -4.57. The van der Waals surface area contributed by atoms with E-state index >= 15 is 0 Å². The Bertz CT molecular complexity index is 2240. The van der Waals surface area contributed by atoms with Crippen LogP contribution in [-0.4, -0.2) is 33.5 Å². The molecule has 0 heterocycles. The fourth-order valence-corrected chi connectivity index (χ4v) is 6.52. The molecular weight excluding hydrogens is 681 g/mol. The summed E-state index contributed by atoms with van der Waals surface area (Å²) in [6, 6.07) is 22.6. The Morgan fingerprint density at radius 2 is 1.46 bits per heavy atom. The number of hydrogen-bond acceptors (Lipinski definition) is 12. The molecule has 0 bridgehead atoms. The lowest BCUT2D eigenvalue weighted by Crippen LogP contribution is -2.12. The topological polar surface area (TPSA) is 248 Å². The van der Waals surface area contributed by atoms with Gasteiger partial charge in [0, 0.05) is 29.5 Å². The molecule has 0 radical (unpaired) electrons. The molecule has 0 atom stereocenters. The zero-order chi connectivity index (χ0) is 37.2. The highest BCUT2D eigenvalue weighted by molar-refractivity contribution is 7.92. The predicted molar refractivity (Wildman–Crippen MR) is 199 cm³/mol. The van der Waals surface area contributed by atoms with Gasteiger partial charge in [-0.05, 0) is 90.5 Å². The lowest BCUT2D eigenvalue weighted by molar-refractivity contribution is 0.472. The number of nitrogens with one attached hydrogen (secondary N) is 1. The average Bonchev–Trinajstić information content (AvgIpc) is 3.07. The molecule has 0 saturated carbocycles. The maximum atomic E-state index is 12.3. The number of fused-ring (bicyclic) bond motifs is 1. The summed E-state index contributed by atoms with van der Waals surface area (Å²) in [5.41, 5.74) is 21.8. The molecule has 0 aliphatic heterocycles. The molecule has 14 nitrogen and oxygen atoms in total. The Morgan fingerprint density at radius 3 is 2.02 bits per heavy atom. The van der Waals surface area contributed by atoms with E-state index in [1.54, 1.807) is 66.7 Å². The second-order valence-corrected chi connectivity index (χ2v) is 13.4. The van der Waals surface area contributed by atoms with Gasteiger partial charge in [0.15, 0.2) is 5.75 Å². The molecule has 5 rings (SSSR count). The van der Waals surface area contributed by atoms with Crippen LogP contribution in [0, 0.1) is 6.92 Å². The van der Waals surface area contributed by atoms with Gasteiger partial charge in [0.1, 0.15) is 16.3 Å². The number of nitrogen functional groups attached to an aromatic ring is 3. The van der Waals surface area contributed by atoms with Crippen LogP contribution in [0.15, 0.2) is 115 Å². The van der Waals surface area contributed by atoms with E-state index in [0.717, 1.165) is 11.1 Å². The number of anilines is 4. The molecule has 0 saturated heterocycles. The van der Waals surface area contributed by atoms with Crippen molar-refractivity contribution in [1.29, 1.82) is 0 Å². The number of hydrogen-bond donors (Lipinski definition) is 6. The van der Waals surface area contributed by atoms with Crippen LogP contribution in [0.3, 0.4) is 0 Å². The summed E-state index contributed by atoms with van der Waals surface area (Å²) in [6.07, 6.45) is 0.664. The van der Waals surface area contributed by atoms with Crippen molar-refractivity contribution in [2.45, 2.75) is 43.9 Å². The van der Waals surface area contributed by atoms with Crippen LogP contribution in [0.4, 0.5) is 39.8 Å². The van der Waals surface area contributed by atoms with Crippen molar-refractivity contribution in [3.05, 3.63) is 96.1 Å². The highest BCUT2D eigenvalue weighted by atomic mass is 32.2. The largest absolute Gasteiger partial charge is 0.505 e. The molecular formula is C34H40N8O6S2. The first kappa shape index (κ1) is 38.9. The Morgan fingerprint density at radius 1 is 0.820 bits per heavy atom. The summed E-state index contributed by atoms with van der Waals surface area (Å²) in [5, 5.41) is 26.4. The van der Waals surface area contributed by atoms with Crippen molar-refractivity contribution in [3.63, 3.8) is 0 Å². The van der Waals surface area contributed by atoms with Gasteiger partial charge < -0.3 is 22.3 Å². The monoisotopic (exact) mass is 720 g/mol. The number of rotatable bonds is 8. The fourth-order valence-electron chi connectivity index (χ4n) is 4.78. The predicted octanol–water partition coefficient (Wildman–Crippen LogP) is 8.05. The quantitative estimate of drug-likeness (QED) is 0.0514. The van der Waals surface area contributed by atoms with Gasteiger partial charge in [-0.2, -0.15) is 23.8 Å². The van der Waals surface area contributed by atoms with Gasteiger partial charge >= 0.3 is 0 Å². The van der Waals surface area contributed by atoms with Crippen LogP contribution in [0.2, 0.25) is 0 Å². The molecule has 5 aromatic rings. The summed E-state index contributed by atoms with van der Waals surface area (Å²) in [7, 11) is -6.86. The second kappa shape index (κ2) is 16.7. The highest BCUT2D eigenvalue weighted by Gasteiger charge is 2.24. The van der Waals surface area contributed by atoms with Crippen molar-refractivity contribution < 1.29 is 26.5 Å². The number of nitrogens with zero attached hydrogens (tertiary/aromatic N) is 4. The van der Waals surface area contributed by atoms with Crippen LogP contribution in [-0.2, 0) is 26.6 Å². The number of phenolic OH excluding ortho intramolecular Hbond substituents is 1.